The number of amides is 2. The molecule has 0 aromatic heterocycles. The Morgan fingerprint density at radius 1 is 0.773 bits per heavy atom. The summed E-state index contributed by atoms with van der Waals surface area (Å²) in [5.41, 5.74) is 0. The average molecular weight is 308 g/mol. The lowest BCUT2D eigenvalue weighted by molar-refractivity contribution is -0.131. The smallest absolute Gasteiger partial charge is 0.223 e. The van der Waals surface area contributed by atoms with Crippen molar-refractivity contribution >= 4 is 11.8 Å². The van der Waals surface area contributed by atoms with Gasteiger partial charge in [-0.05, 0) is 52.4 Å². The molecular weight excluding hydrogens is 276 g/mol. The van der Waals surface area contributed by atoms with Gasteiger partial charge in [0.25, 0.3) is 0 Å². The Balaban J connectivity index is 1.73. The maximum atomic E-state index is 12.4. The summed E-state index contributed by atoms with van der Waals surface area (Å²) in [7, 11) is 0. The fourth-order valence-electron chi connectivity index (χ4n) is 3.76. The van der Waals surface area contributed by atoms with E-state index in [1.807, 2.05) is 13.8 Å². The van der Waals surface area contributed by atoms with E-state index in [0.29, 0.717) is 6.04 Å². The molecule has 126 valence electrons. The van der Waals surface area contributed by atoms with Crippen LogP contribution in [0.1, 0.15) is 78.1 Å². The van der Waals surface area contributed by atoms with Crippen molar-refractivity contribution in [3.8, 4) is 0 Å². The summed E-state index contributed by atoms with van der Waals surface area (Å²) in [4.78, 5) is 24.4. The van der Waals surface area contributed by atoms with Crippen LogP contribution in [-0.4, -0.2) is 23.9 Å². The zero-order chi connectivity index (χ0) is 15.9. The Hall–Kier alpha value is -1.06. The third kappa shape index (κ3) is 5.29. The molecule has 0 radical (unpaired) electrons. The molecule has 0 unspecified atom stereocenters. The van der Waals surface area contributed by atoms with Crippen LogP contribution in [0.4, 0.5) is 0 Å². The molecule has 2 fully saturated rings. The molecule has 0 heterocycles. The molecule has 2 saturated carbocycles. The molecule has 4 heteroatoms. The average Bonchev–Trinajstić information content (AvgIpc) is 2.75. The molecule has 0 aromatic carbocycles. The molecule has 0 aliphatic heterocycles. The van der Waals surface area contributed by atoms with Crippen molar-refractivity contribution in [1.82, 2.24) is 10.6 Å². The van der Waals surface area contributed by atoms with Crippen LogP contribution in [0.25, 0.3) is 0 Å². The van der Waals surface area contributed by atoms with Crippen molar-refractivity contribution in [2.24, 2.45) is 11.8 Å². The van der Waals surface area contributed by atoms with E-state index in [0.717, 1.165) is 38.5 Å². The molecule has 0 atom stereocenters. The van der Waals surface area contributed by atoms with Gasteiger partial charge in [-0.2, -0.15) is 0 Å². The number of rotatable bonds is 4. The fourth-order valence-corrected chi connectivity index (χ4v) is 3.76. The van der Waals surface area contributed by atoms with Gasteiger partial charge in [-0.25, -0.2) is 0 Å². The van der Waals surface area contributed by atoms with Crippen molar-refractivity contribution < 1.29 is 9.59 Å². The predicted octanol–water partition coefficient (Wildman–Crippen LogP) is 3.16. The van der Waals surface area contributed by atoms with E-state index < -0.39 is 0 Å². The van der Waals surface area contributed by atoms with Crippen molar-refractivity contribution in [1.29, 1.82) is 0 Å². The first-order chi connectivity index (χ1) is 10.6. The minimum absolute atomic E-state index is 0.101. The first-order valence-electron chi connectivity index (χ1n) is 9.17. The van der Waals surface area contributed by atoms with Crippen molar-refractivity contribution in [3.63, 3.8) is 0 Å². The minimum Gasteiger partial charge on any atom is -0.354 e. The Morgan fingerprint density at radius 3 is 1.77 bits per heavy atom. The highest BCUT2D eigenvalue weighted by atomic mass is 16.2. The third-order valence-electron chi connectivity index (χ3n) is 5.10. The van der Waals surface area contributed by atoms with Gasteiger partial charge >= 0.3 is 0 Å². The second-order valence-electron chi connectivity index (χ2n) is 7.41. The van der Waals surface area contributed by atoms with Gasteiger partial charge in [0.05, 0.1) is 0 Å². The summed E-state index contributed by atoms with van der Waals surface area (Å²) in [6.07, 6.45) is 10.8. The maximum Gasteiger partial charge on any atom is 0.223 e. The number of nitrogens with one attached hydrogen (secondary N) is 2. The second-order valence-corrected chi connectivity index (χ2v) is 7.41. The lowest BCUT2D eigenvalue weighted by Gasteiger charge is -2.29. The van der Waals surface area contributed by atoms with E-state index in [-0.39, 0.29) is 29.7 Å². The van der Waals surface area contributed by atoms with E-state index in [2.05, 4.69) is 10.6 Å². The number of hydrogen-bond donors (Lipinski definition) is 2. The molecule has 0 saturated heterocycles. The van der Waals surface area contributed by atoms with E-state index in [1.54, 1.807) is 0 Å². The highest BCUT2D eigenvalue weighted by molar-refractivity contribution is 5.81. The molecule has 0 spiro atoms. The number of hydrogen-bond acceptors (Lipinski definition) is 2. The number of carbonyl (C=O) groups excluding carboxylic acids is 2. The lowest BCUT2D eigenvalue weighted by Crippen LogP contribution is -2.42. The van der Waals surface area contributed by atoms with E-state index in [1.165, 1.54) is 25.7 Å². The van der Waals surface area contributed by atoms with Crippen molar-refractivity contribution in [3.05, 3.63) is 0 Å². The van der Waals surface area contributed by atoms with Gasteiger partial charge < -0.3 is 10.6 Å². The van der Waals surface area contributed by atoms with E-state index in [9.17, 15) is 9.59 Å². The first-order valence-corrected chi connectivity index (χ1v) is 9.17. The zero-order valence-electron chi connectivity index (χ0n) is 14.2. The molecule has 0 bridgehead atoms. The van der Waals surface area contributed by atoms with E-state index in [4.69, 9.17) is 0 Å². The van der Waals surface area contributed by atoms with Crippen LogP contribution < -0.4 is 10.6 Å². The molecule has 4 nitrogen and oxygen atoms in total. The summed E-state index contributed by atoms with van der Waals surface area (Å²) in [5.74, 6) is 0.614. The Kier molecular flexibility index (Phi) is 6.71. The van der Waals surface area contributed by atoms with Crippen LogP contribution in [0.5, 0.6) is 0 Å². The van der Waals surface area contributed by atoms with Gasteiger partial charge in [0.1, 0.15) is 0 Å². The monoisotopic (exact) mass is 308 g/mol. The summed E-state index contributed by atoms with van der Waals surface area (Å²) in [6, 6.07) is 0.584. The van der Waals surface area contributed by atoms with Gasteiger partial charge in [-0.3, -0.25) is 9.59 Å². The second kappa shape index (κ2) is 8.54. The molecule has 2 aliphatic rings. The standard InChI is InChI=1S/C18H32N2O2/c1-13(2)19-17(21)14-9-11-15(12-10-14)18(22)20-16-7-5-3-4-6-8-16/h13-16H,3-12H2,1-2H3,(H,19,21)(H,20,22). The van der Waals surface area contributed by atoms with Gasteiger partial charge in [0.2, 0.25) is 11.8 Å². The molecule has 0 aromatic rings. The molecule has 2 amide bonds. The quantitative estimate of drug-likeness (QED) is 0.784. The molecule has 22 heavy (non-hydrogen) atoms. The van der Waals surface area contributed by atoms with Crippen LogP contribution >= 0.6 is 0 Å². The van der Waals surface area contributed by atoms with Crippen molar-refractivity contribution in [2.45, 2.75) is 90.1 Å². The highest BCUT2D eigenvalue weighted by Gasteiger charge is 2.30. The van der Waals surface area contributed by atoms with Crippen molar-refractivity contribution in [2.75, 3.05) is 0 Å². The summed E-state index contributed by atoms with van der Waals surface area (Å²) in [5, 5.41) is 6.26. The fraction of sp³-hybridized carbons (Fsp3) is 0.889. The molecule has 2 rings (SSSR count). The Morgan fingerprint density at radius 2 is 1.27 bits per heavy atom. The van der Waals surface area contributed by atoms with Crippen LogP contribution in [0.3, 0.4) is 0 Å². The maximum absolute atomic E-state index is 12.4. The highest BCUT2D eigenvalue weighted by Crippen LogP contribution is 2.29. The summed E-state index contributed by atoms with van der Waals surface area (Å²) < 4.78 is 0. The Labute approximate surface area is 134 Å². The van der Waals surface area contributed by atoms with Crippen LogP contribution in [-0.2, 0) is 9.59 Å². The van der Waals surface area contributed by atoms with Gasteiger partial charge in [-0.15, -0.1) is 0 Å². The van der Waals surface area contributed by atoms with Crippen LogP contribution in [0.15, 0.2) is 0 Å². The lowest BCUT2D eigenvalue weighted by atomic mass is 9.81. The van der Waals surface area contributed by atoms with Gasteiger partial charge in [-0.1, -0.05) is 25.7 Å². The SMILES string of the molecule is CC(C)NC(=O)C1CCC(C(=O)NC2CCCCCC2)CC1. The largest absolute Gasteiger partial charge is 0.354 e. The van der Waals surface area contributed by atoms with Crippen LogP contribution in [0, 0.1) is 11.8 Å². The third-order valence-corrected chi connectivity index (χ3v) is 5.10. The van der Waals surface area contributed by atoms with Gasteiger partial charge in [0, 0.05) is 23.9 Å². The Bertz CT molecular complexity index is 365. The molecule has 2 N–H and O–H groups in total. The minimum atomic E-state index is 0.101. The topological polar surface area (TPSA) is 58.2 Å². The van der Waals surface area contributed by atoms with Gasteiger partial charge in [0.15, 0.2) is 0 Å². The normalized spacial score (nSPS) is 27.2. The summed E-state index contributed by atoms with van der Waals surface area (Å²) in [6.45, 7) is 3.98. The predicted molar refractivity (Wildman–Crippen MR) is 88.4 cm³/mol. The zero-order valence-corrected chi connectivity index (χ0v) is 14.2. The van der Waals surface area contributed by atoms with Crippen LogP contribution in [0.2, 0.25) is 0 Å². The first kappa shape index (κ1) is 17.3. The van der Waals surface area contributed by atoms with E-state index >= 15 is 0 Å². The molecule has 2 aliphatic carbocycles. The summed E-state index contributed by atoms with van der Waals surface area (Å²) >= 11 is 0. The molecular formula is C18H32N2O2. The number of carbonyl (C=O) groups is 2.